The largest absolute Gasteiger partial charge is 0.493 e. The second-order valence-corrected chi connectivity index (χ2v) is 8.80. The molecule has 1 aromatic carbocycles. The molecule has 0 radical (unpaired) electrons. The van der Waals surface area contributed by atoms with Crippen molar-refractivity contribution in [1.29, 1.82) is 0 Å². The van der Waals surface area contributed by atoms with Gasteiger partial charge in [-0.25, -0.2) is 8.42 Å². The van der Waals surface area contributed by atoms with Gasteiger partial charge in [0.2, 0.25) is 20.7 Å². The van der Waals surface area contributed by atoms with Crippen LogP contribution in [0.3, 0.4) is 0 Å². The van der Waals surface area contributed by atoms with Gasteiger partial charge in [-0.3, -0.25) is 4.79 Å². The van der Waals surface area contributed by atoms with Gasteiger partial charge in [-0.15, -0.1) is 10.2 Å². The second kappa shape index (κ2) is 8.27. The van der Waals surface area contributed by atoms with E-state index < -0.39 is 15.1 Å². The monoisotopic (exact) mass is 424 g/mol. The molecule has 1 saturated heterocycles. The van der Waals surface area contributed by atoms with Crippen LogP contribution in [0.4, 0.5) is 0 Å². The molecule has 0 N–H and O–H groups in total. The Morgan fingerprint density at radius 1 is 1.07 bits per heavy atom. The number of hydrogen-bond acceptors (Lipinski definition) is 8. The Morgan fingerprint density at radius 3 is 2.10 bits per heavy atom. The summed E-state index contributed by atoms with van der Waals surface area (Å²) in [6.07, 6.45) is 2.01. The van der Waals surface area contributed by atoms with Crippen LogP contribution >= 0.6 is 0 Å². The summed E-state index contributed by atoms with van der Waals surface area (Å²) in [6.45, 7) is 0.633. The van der Waals surface area contributed by atoms with Gasteiger partial charge < -0.3 is 23.7 Å². The number of methoxy groups -OCH3 is 3. The third kappa shape index (κ3) is 3.86. The van der Waals surface area contributed by atoms with Gasteiger partial charge in [-0.1, -0.05) is 0 Å². The minimum absolute atomic E-state index is 0.0492. The summed E-state index contributed by atoms with van der Waals surface area (Å²) in [5.41, 5.74) is 0.383. The Kier molecular flexibility index (Phi) is 5.96. The van der Waals surface area contributed by atoms with Gasteiger partial charge >= 0.3 is 0 Å². The number of benzene rings is 1. The first-order valence-corrected chi connectivity index (χ1v) is 10.5. The SMILES string of the molecule is COc1cc(C(=O)N2CCC(S(=O)(=O)c3nncn3C)CC2)cc(OC)c1OC. The lowest BCUT2D eigenvalue weighted by molar-refractivity contribution is 0.0724. The molecule has 2 aromatic rings. The number of aromatic nitrogens is 3. The average Bonchev–Trinajstić information content (AvgIpc) is 3.18. The summed E-state index contributed by atoms with van der Waals surface area (Å²) in [7, 11) is 2.45. The molecule has 1 amide bonds. The maximum atomic E-state index is 13.0. The number of amides is 1. The first-order valence-electron chi connectivity index (χ1n) is 9.00. The third-order valence-corrected chi connectivity index (χ3v) is 7.23. The van der Waals surface area contributed by atoms with Crippen molar-refractivity contribution >= 4 is 15.7 Å². The van der Waals surface area contributed by atoms with E-state index in [2.05, 4.69) is 10.2 Å². The summed E-state index contributed by atoms with van der Waals surface area (Å²) < 4.78 is 42.8. The van der Waals surface area contributed by atoms with Gasteiger partial charge in [0.15, 0.2) is 11.5 Å². The van der Waals surface area contributed by atoms with Gasteiger partial charge in [0, 0.05) is 25.7 Å². The topological polar surface area (TPSA) is 113 Å². The van der Waals surface area contributed by atoms with Crippen LogP contribution < -0.4 is 14.2 Å². The predicted molar refractivity (Wildman–Crippen MR) is 103 cm³/mol. The molecular weight excluding hydrogens is 400 g/mol. The molecule has 0 spiro atoms. The van der Waals surface area contributed by atoms with Crippen molar-refractivity contribution in [3.05, 3.63) is 24.0 Å². The molecule has 0 atom stereocenters. The van der Waals surface area contributed by atoms with Crippen molar-refractivity contribution in [2.45, 2.75) is 23.2 Å². The van der Waals surface area contributed by atoms with E-state index >= 15 is 0 Å². The fourth-order valence-corrected chi connectivity index (χ4v) is 5.17. The van der Waals surface area contributed by atoms with Crippen molar-refractivity contribution in [2.24, 2.45) is 7.05 Å². The van der Waals surface area contributed by atoms with Gasteiger partial charge in [-0.05, 0) is 25.0 Å². The van der Waals surface area contributed by atoms with Crippen LogP contribution in [0.5, 0.6) is 17.2 Å². The van der Waals surface area contributed by atoms with E-state index in [4.69, 9.17) is 14.2 Å². The molecule has 2 heterocycles. The van der Waals surface area contributed by atoms with Crippen LogP contribution in [0.2, 0.25) is 0 Å². The number of carbonyl (C=O) groups excluding carboxylic acids is 1. The molecule has 1 aromatic heterocycles. The number of ether oxygens (including phenoxy) is 3. The Morgan fingerprint density at radius 2 is 1.66 bits per heavy atom. The summed E-state index contributed by atoms with van der Waals surface area (Å²) in [6, 6.07) is 3.18. The summed E-state index contributed by atoms with van der Waals surface area (Å²) >= 11 is 0. The molecule has 158 valence electrons. The highest BCUT2D eigenvalue weighted by Gasteiger charge is 2.35. The molecule has 0 bridgehead atoms. The van der Waals surface area contributed by atoms with Gasteiger partial charge in [-0.2, -0.15) is 0 Å². The van der Waals surface area contributed by atoms with Crippen LogP contribution in [0.25, 0.3) is 0 Å². The van der Waals surface area contributed by atoms with E-state index in [0.717, 1.165) is 0 Å². The van der Waals surface area contributed by atoms with Crippen LogP contribution in [-0.2, 0) is 16.9 Å². The van der Waals surface area contributed by atoms with Crippen molar-refractivity contribution in [1.82, 2.24) is 19.7 Å². The van der Waals surface area contributed by atoms with Crippen molar-refractivity contribution in [3.8, 4) is 17.2 Å². The highest BCUT2D eigenvalue weighted by Crippen LogP contribution is 2.38. The van der Waals surface area contributed by atoms with E-state index in [1.54, 1.807) is 24.1 Å². The fraction of sp³-hybridized carbons (Fsp3) is 0.500. The van der Waals surface area contributed by atoms with Crippen molar-refractivity contribution in [2.75, 3.05) is 34.4 Å². The normalized spacial score (nSPS) is 15.2. The van der Waals surface area contributed by atoms with Crippen LogP contribution in [0.15, 0.2) is 23.6 Å². The molecule has 0 saturated carbocycles. The van der Waals surface area contributed by atoms with Crippen molar-refractivity contribution in [3.63, 3.8) is 0 Å². The molecular formula is C18H24N4O6S. The molecule has 1 fully saturated rings. The number of nitrogens with zero attached hydrogens (tertiary/aromatic N) is 4. The third-order valence-electron chi connectivity index (χ3n) is 5.00. The maximum Gasteiger partial charge on any atom is 0.254 e. The molecule has 3 rings (SSSR count). The average molecular weight is 424 g/mol. The van der Waals surface area contributed by atoms with Gasteiger partial charge in [0.1, 0.15) is 6.33 Å². The summed E-state index contributed by atoms with van der Waals surface area (Å²) in [4.78, 5) is 14.6. The zero-order chi connectivity index (χ0) is 21.2. The van der Waals surface area contributed by atoms with Gasteiger partial charge in [0.25, 0.3) is 5.91 Å². The Bertz CT molecular complexity index is 971. The number of piperidine rings is 1. The highest BCUT2D eigenvalue weighted by molar-refractivity contribution is 7.91. The highest BCUT2D eigenvalue weighted by atomic mass is 32.2. The predicted octanol–water partition coefficient (Wildman–Crippen LogP) is 0.919. The number of aryl methyl sites for hydroxylation is 1. The van der Waals surface area contributed by atoms with Crippen LogP contribution in [0.1, 0.15) is 23.2 Å². The quantitative estimate of drug-likeness (QED) is 0.673. The fourth-order valence-electron chi connectivity index (χ4n) is 3.44. The number of hydrogen-bond donors (Lipinski definition) is 0. The van der Waals surface area contributed by atoms with Crippen molar-refractivity contribution < 1.29 is 27.4 Å². The molecule has 1 aliphatic rings. The zero-order valence-corrected chi connectivity index (χ0v) is 17.6. The molecule has 10 nitrogen and oxygen atoms in total. The number of carbonyl (C=O) groups is 1. The molecule has 0 aliphatic carbocycles. The summed E-state index contributed by atoms with van der Waals surface area (Å²) in [5, 5.41) is 6.72. The number of sulfone groups is 1. The zero-order valence-electron chi connectivity index (χ0n) is 16.8. The number of rotatable bonds is 6. The Labute approximate surface area is 169 Å². The smallest absolute Gasteiger partial charge is 0.254 e. The lowest BCUT2D eigenvalue weighted by Crippen LogP contribution is -2.42. The Hall–Kier alpha value is -2.82. The lowest BCUT2D eigenvalue weighted by Gasteiger charge is -2.31. The first-order chi connectivity index (χ1) is 13.8. The van der Waals surface area contributed by atoms with E-state index in [1.807, 2.05) is 0 Å². The van der Waals surface area contributed by atoms with Crippen LogP contribution in [-0.4, -0.2) is 73.7 Å². The first kappa shape index (κ1) is 20.9. The van der Waals surface area contributed by atoms with Gasteiger partial charge in [0.05, 0.1) is 26.6 Å². The standard InChI is InChI=1S/C18H24N4O6S/c1-21-11-19-20-18(21)29(24,25)13-5-7-22(8-6-13)17(23)12-9-14(26-2)16(28-4)15(10-12)27-3/h9-11,13H,5-8H2,1-4H3. The van der Waals surface area contributed by atoms with E-state index in [1.165, 1.54) is 32.2 Å². The van der Waals surface area contributed by atoms with Crippen LogP contribution in [0, 0.1) is 0 Å². The minimum Gasteiger partial charge on any atom is -0.493 e. The number of likely N-dealkylation sites (tertiary alicyclic amines) is 1. The second-order valence-electron chi connectivity index (χ2n) is 6.68. The molecule has 29 heavy (non-hydrogen) atoms. The minimum atomic E-state index is -3.60. The van der Waals surface area contributed by atoms with E-state index in [0.29, 0.717) is 48.7 Å². The van der Waals surface area contributed by atoms with E-state index in [9.17, 15) is 13.2 Å². The van der Waals surface area contributed by atoms with E-state index in [-0.39, 0.29) is 11.1 Å². The molecule has 1 aliphatic heterocycles. The Balaban J connectivity index is 1.76. The lowest BCUT2D eigenvalue weighted by atomic mass is 10.1. The maximum absolute atomic E-state index is 13.0. The molecule has 11 heteroatoms. The summed E-state index contributed by atoms with van der Waals surface area (Å²) in [5.74, 6) is 0.948. The molecule has 0 unspecified atom stereocenters.